The van der Waals surface area contributed by atoms with Crippen molar-refractivity contribution in [2.24, 2.45) is 5.73 Å². The van der Waals surface area contributed by atoms with Gasteiger partial charge in [0.15, 0.2) is 0 Å². The Bertz CT molecular complexity index is 382. The molecule has 4 heteroatoms. The van der Waals surface area contributed by atoms with Gasteiger partial charge in [0.25, 0.3) is 0 Å². The van der Waals surface area contributed by atoms with Crippen LogP contribution in [0, 0.1) is 0 Å². The molecule has 2 N–H and O–H groups in total. The summed E-state index contributed by atoms with van der Waals surface area (Å²) in [6.07, 6.45) is 3.19. The molecular weight excluding hydrogens is 273 g/mol. The van der Waals surface area contributed by atoms with Gasteiger partial charge in [-0.05, 0) is 49.6 Å². The third-order valence-corrected chi connectivity index (χ3v) is 5.89. The zero-order chi connectivity index (χ0) is 12.5. The normalized spacial score (nSPS) is 26.1. The lowest BCUT2D eigenvalue weighted by Gasteiger charge is -2.30. The molecule has 2 rings (SSSR count). The van der Waals surface area contributed by atoms with Crippen LogP contribution in [-0.2, 0) is 6.42 Å². The molecule has 1 heterocycles. The average Bonchev–Trinajstić information content (AvgIpc) is 2.72. The van der Waals surface area contributed by atoms with Gasteiger partial charge in [0.1, 0.15) is 0 Å². The standard InChI is InChI=1S/C13H17Cl2NS/c1-13(6-3-7-17-13)12(16)8-9-10(14)4-2-5-11(9)15/h2,4-5,12H,3,6-8,16H2,1H3. The molecule has 94 valence electrons. The van der Waals surface area contributed by atoms with Gasteiger partial charge in [0, 0.05) is 20.8 Å². The number of thioether (sulfide) groups is 1. The molecule has 0 amide bonds. The molecule has 2 unspecified atom stereocenters. The van der Waals surface area contributed by atoms with Crippen LogP contribution < -0.4 is 5.73 Å². The van der Waals surface area contributed by atoms with Gasteiger partial charge >= 0.3 is 0 Å². The van der Waals surface area contributed by atoms with E-state index in [4.69, 9.17) is 28.9 Å². The van der Waals surface area contributed by atoms with Crippen molar-refractivity contribution in [3.63, 3.8) is 0 Å². The van der Waals surface area contributed by atoms with E-state index in [1.165, 1.54) is 18.6 Å². The van der Waals surface area contributed by atoms with Gasteiger partial charge in [-0.1, -0.05) is 29.3 Å². The minimum absolute atomic E-state index is 0.104. The molecule has 1 aromatic carbocycles. The molecule has 0 radical (unpaired) electrons. The first-order valence-electron chi connectivity index (χ1n) is 5.85. The lowest BCUT2D eigenvalue weighted by atomic mass is 9.91. The highest BCUT2D eigenvalue weighted by Gasteiger charge is 2.36. The van der Waals surface area contributed by atoms with Crippen molar-refractivity contribution in [2.45, 2.75) is 37.0 Å². The Kier molecular flexibility index (Phi) is 4.30. The summed E-state index contributed by atoms with van der Waals surface area (Å²) < 4.78 is 0.169. The van der Waals surface area contributed by atoms with Crippen LogP contribution in [0.15, 0.2) is 18.2 Å². The van der Waals surface area contributed by atoms with E-state index in [0.29, 0.717) is 0 Å². The summed E-state index contributed by atoms with van der Waals surface area (Å²) in [5, 5.41) is 1.44. The van der Waals surface area contributed by atoms with Crippen molar-refractivity contribution in [3.8, 4) is 0 Å². The molecule has 2 atom stereocenters. The smallest absolute Gasteiger partial charge is 0.0453 e. The Labute approximate surface area is 117 Å². The fraction of sp³-hybridized carbons (Fsp3) is 0.538. The Morgan fingerprint density at radius 2 is 2.06 bits per heavy atom. The number of benzene rings is 1. The van der Waals surface area contributed by atoms with Crippen molar-refractivity contribution in [1.29, 1.82) is 0 Å². The number of nitrogens with two attached hydrogens (primary N) is 1. The lowest BCUT2D eigenvalue weighted by Crippen LogP contribution is -2.42. The molecule has 1 aliphatic heterocycles. The van der Waals surface area contributed by atoms with E-state index in [2.05, 4.69) is 6.92 Å². The van der Waals surface area contributed by atoms with Crippen LogP contribution in [0.4, 0.5) is 0 Å². The van der Waals surface area contributed by atoms with Crippen LogP contribution in [0.3, 0.4) is 0 Å². The van der Waals surface area contributed by atoms with Gasteiger partial charge in [-0.15, -0.1) is 0 Å². The fourth-order valence-corrected chi connectivity index (χ4v) is 4.15. The van der Waals surface area contributed by atoms with Crippen LogP contribution in [-0.4, -0.2) is 16.5 Å². The average molecular weight is 290 g/mol. The highest BCUT2D eigenvalue weighted by molar-refractivity contribution is 8.00. The summed E-state index contributed by atoms with van der Waals surface area (Å²) in [6.45, 7) is 2.25. The van der Waals surface area contributed by atoms with E-state index >= 15 is 0 Å². The van der Waals surface area contributed by atoms with Crippen molar-refractivity contribution < 1.29 is 0 Å². The van der Waals surface area contributed by atoms with Crippen LogP contribution in [0.25, 0.3) is 0 Å². The fourth-order valence-electron chi connectivity index (χ4n) is 2.26. The molecule has 1 aromatic rings. The van der Waals surface area contributed by atoms with Crippen molar-refractivity contribution in [1.82, 2.24) is 0 Å². The topological polar surface area (TPSA) is 26.0 Å². The Hall–Kier alpha value is 0.110. The number of hydrogen-bond acceptors (Lipinski definition) is 2. The SMILES string of the molecule is CC1(C(N)Cc2c(Cl)cccc2Cl)CCCS1. The van der Waals surface area contributed by atoms with E-state index in [-0.39, 0.29) is 10.8 Å². The second-order valence-electron chi connectivity index (χ2n) is 4.78. The summed E-state index contributed by atoms with van der Waals surface area (Å²) in [4.78, 5) is 0. The van der Waals surface area contributed by atoms with Gasteiger partial charge in [0.05, 0.1) is 0 Å². The number of halogens is 2. The van der Waals surface area contributed by atoms with E-state index in [9.17, 15) is 0 Å². The van der Waals surface area contributed by atoms with Crippen LogP contribution >= 0.6 is 35.0 Å². The maximum atomic E-state index is 6.34. The molecular formula is C13H17Cl2NS. The molecule has 1 nitrogen and oxygen atoms in total. The van der Waals surface area contributed by atoms with E-state index < -0.39 is 0 Å². The first-order chi connectivity index (χ1) is 8.03. The largest absolute Gasteiger partial charge is 0.326 e. The molecule has 0 aromatic heterocycles. The van der Waals surface area contributed by atoms with Gasteiger partial charge in [-0.2, -0.15) is 11.8 Å². The monoisotopic (exact) mass is 289 g/mol. The van der Waals surface area contributed by atoms with Crippen molar-refractivity contribution in [2.75, 3.05) is 5.75 Å². The van der Waals surface area contributed by atoms with E-state index in [1.807, 2.05) is 30.0 Å². The second kappa shape index (κ2) is 5.40. The van der Waals surface area contributed by atoms with Gasteiger partial charge in [0.2, 0.25) is 0 Å². The minimum Gasteiger partial charge on any atom is -0.326 e. The molecule has 1 aliphatic rings. The van der Waals surface area contributed by atoms with Crippen LogP contribution in [0.2, 0.25) is 10.0 Å². The molecule has 0 saturated carbocycles. The van der Waals surface area contributed by atoms with Gasteiger partial charge < -0.3 is 5.73 Å². The van der Waals surface area contributed by atoms with Crippen LogP contribution in [0.5, 0.6) is 0 Å². The van der Waals surface area contributed by atoms with E-state index in [0.717, 1.165) is 22.0 Å². The third kappa shape index (κ3) is 2.93. The zero-order valence-corrected chi connectivity index (χ0v) is 12.2. The third-order valence-electron chi connectivity index (χ3n) is 3.52. The predicted octanol–water partition coefficient (Wildman–Crippen LogP) is 4.15. The first-order valence-corrected chi connectivity index (χ1v) is 7.59. The zero-order valence-electron chi connectivity index (χ0n) is 9.88. The quantitative estimate of drug-likeness (QED) is 0.905. The second-order valence-corrected chi connectivity index (χ2v) is 7.22. The number of rotatable bonds is 3. The van der Waals surface area contributed by atoms with Crippen molar-refractivity contribution >= 4 is 35.0 Å². The Morgan fingerprint density at radius 1 is 1.41 bits per heavy atom. The molecule has 0 bridgehead atoms. The Balaban J connectivity index is 2.15. The van der Waals surface area contributed by atoms with E-state index in [1.54, 1.807) is 0 Å². The van der Waals surface area contributed by atoms with Crippen LogP contribution in [0.1, 0.15) is 25.3 Å². The summed E-state index contributed by atoms with van der Waals surface area (Å²) in [5.41, 5.74) is 7.33. The highest BCUT2D eigenvalue weighted by atomic mass is 35.5. The Morgan fingerprint density at radius 3 is 2.59 bits per heavy atom. The maximum absolute atomic E-state index is 6.34. The highest BCUT2D eigenvalue weighted by Crippen LogP contribution is 2.41. The molecule has 0 aliphatic carbocycles. The van der Waals surface area contributed by atoms with Crippen molar-refractivity contribution in [3.05, 3.63) is 33.8 Å². The molecule has 0 spiro atoms. The van der Waals surface area contributed by atoms with Gasteiger partial charge in [-0.3, -0.25) is 0 Å². The summed E-state index contributed by atoms with van der Waals surface area (Å²) in [6, 6.07) is 5.72. The summed E-state index contributed by atoms with van der Waals surface area (Å²) >= 11 is 14.3. The molecule has 1 fully saturated rings. The maximum Gasteiger partial charge on any atom is 0.0453 e. The number of hydrogen-bond donors (Lipinski definition) is 1. The predicted molar refractivity (Wildman–Crippen MR) is 78.2 cm³/mol. The summed E-state index contributed by atoms with van der Waals surface area (Å²) in [7, 11) is 0. The molecule has 17 heavy (non-hydrogen) atoms. The van der Waals surface area contributed by atoms with Gasteiger partial charge in [-0.25, -0.2) is 0 Å². The molecule has 1 saturated heterocycles. The summed E-state index contributed by atoms with van der Waals surface area (Å²) in [5.74, 6) is 1.21. The lowest BCUT2D eigenvalue weighted by molar-refractivity contribution is 0.482. The minimum atomic E-state index is 0.104. The first kappa shape index (κ1) is 13.5.